The van der Waals surface area contributed by atoms with Crippen molar-refractivity contribution in [2.45, 2.75) is 19.4 Å². The van der Waals surface area contributed by atoms with Crippen LogP contribution < -0.4 is 5.32 Å². The lowest BCUT2D eigenvalue weighted by Crippen LogP contribution is -2.34. The summed E-state index contributed by atoms with van der Waals surface area (Å²) in [4.78, 5) is 26.5. The number of nitrogens with zero attached hydrogens (tertiary/aromatic N) is 1. The Morgan fingerprint density at radius 1 is 1.65 bits per heavy atom. The molecule has 1 aliphatic rings. The third-order valence-electron chi connectivity index (χ3n) is 3.11. The predicted molar refractivity (Wildman–Crippen MR) is 66.6 cm³/mol. The van der Waals surface area contributed by atoms with Gasteiger partial charge in [0.1, 0.15) is 0 Å². The Hall–Kier alpha value is -1.36. The highest BCUT2D eigenvalue weighted by Crippen LogP contribution is 2.38. The molecule has 0 aromatic carbocycles. The van der Waals surface area contributed by atoms with Crippen molar-refractivity contribution in [3.63, 3.8) is 0 Å². The standard InChI is InChI=1S/C12H16N2O2S/c1-3-13-12(16)8-7-10(15)14(2)11(8)9-5-4-6-17-9/h4-6,8,11H,3,7H2,1-2H3,(H,13,16)/t8-,11+/m1/s1. The third kappa shape index (κ3) is 2.20. The van der Waals surface area contributed by atoms with Gasteiger partial charge in [0.2, 0.25) is 11.8 Å². The minimum absolute atomic E-state index is 0.0244. The van der Waals surface area contributed by atoms with Crippen LogP contribution in [0.25, 0.3) is 0 Å². The van der Waals surface area contributed by atoms with Gasteiger partial charge < -0.3 is 10.2 Å². The number of hydrogen-bond acceptors (Lipinski definition) is 3. The Morgan fingerprint density at radius 3 is 3.00 bits per heavy atom. The number of rotatable bonds is 3. The molecule has 0 unspecified atom stereocenters. The summed E-state index contributed by atoms with van der Waals surface area (Å²) in [6.07, 6.45) is 0.310. The summed E-state index contributed by atoms with van der Waals surface area (Å²) in [5.74, 6) is -0.241. The summed E-state index contributed by atoms with van der Waals surface area (Å²) >= 11 is 1.59. The minimum Gasteiger partial charge on any atom is -0.356 e. The molecule has 2 atom stereocenters. The van der Waals surface area contributed by atoms with E-state index in [1.165, 1.54) is 0 Å². The second kappa shape index (κ2) is 4.87. The highest BCUT2D eigenvalue weighted by molar-refractivity contribution is 7.10. The van der Waals surface area contributed by atoms with E-state index in [0.29, 0.717) is 13.0 Å². The van der Waals surface area contributed by atoms with E-state index in [1.54, 1.807) is 23.3 Å². The van der Waals surface area contributed by atoms with E-state index in [2.05, 4.69) is 5.32 Å². The number of carbonyl (C=O) groups is 2. The van der Waals surface area contributed by atoms with Gasteiger partial charge in [-0.15, -0.1) is 11.3 Å². The number of nitrogens with one attached hydrogen (secondary N) is 1. The van der Waals surface area contributed by atoms with Crippen molar-refractivity contribution in [3.8, 4) is 0 Å². The van der Waals surface area contributed by atoms with Crippen molar-refractivity contribution in [1.82, 2.24) is 10.2 Å². The maximum Gasteiger partial charge on any atom is 0.226 e. The fourth-order valence-electron chi connectivity index (χ4n) is 2.26. The van der Waals surface area contributed by atoms with Gasteiger partial charge in [0, 0.05) is 24.9 Å². The maximum absolute atomic E-state index is 12.0. The Morgan fingerprint density at radius 2 is 2.41 bits per heavy atom. The van der Waals surface area contributed by atoms with E-state index in [0.717, 1.165) is 4.88 Å². The minimum atomic E-state index is -0.258. The van der Waals surface area contributed by atoms with Crippen LogP contribution in [0.2, 0.25) is 0 Å². The van der Waals surface area contributed by atoms with Gasteiger partial charge in [-0.05, 0) is 18.4 Å². The zero-order valence-electron chi connectivity index (χ0n) is 9.97. The molecule has 92 valence electrons. The molecule has 1 aliphatic heterocycles. The van der Waals surface area contributed by atoms with E-state index in [4.69, 9.17) is 0 Å². The molecule has 17 heavy (non-hydrogen) atoms. The highest BCUT2D eigenvalue weighted by atomic mass is 32.1. The first kappa shape index (κ1) is 12.1. The lowest BCUT2D eigenvalue weighted by Gasteiger charge is -2.23. The third-order valence-corrected chi connectivity index (χ3v) is 4.05. The summed E-state index contributed by atoms with van der Waals surface area (Å²) in [5, 5.41) is 4.78. The molecule has 0 aliphatic carbocycles. The molecule has 2 amide bonds. The second-order valence-electron chi connectivity index (χ2n) is 4.17. The Kier molecular flexibility index (Phi) is 3.47. The molecule has 2 heterocycles. The fraction of sp³-hybridized carbons (Fsp3) is 0.500. The molecule has 5 heteroatoms. The van der Waals surface area contributed by atoms with Crippen LogP contribution in [0.3, 0.4) is 0 Å². The zero-order chi connectivity index (χ0) is 12.4. The van der Waals surface area contributed by atoms with E-state index in [9.17, 15) is 9.59 Å². The first-order valence-corrected chi connectivity index (χ1v) is 6.60. The topological polar surface area (TPSA) is 49.4 Å². The molecule has 1 N–H and O–H groups in total. The molecule has 0 radical (unpaired) electrons. The molecule has 2 rings (SSSR count). The first-order chi connectivity index (χ1) is 8.15. The summed E-state index contributed by atoms with van der Waals surface area (Å²) in [6, 6.07) is 3.83. The molecule has 1 fully saturated rings. The van der Waals surface area contributed by atoms with Gasteiger partial charge in [0.05, 0.1) is 12.0 Å². The molecule has 1 saturated heterocycles. The van der Waals surface area contributed by atoms with Gasteiger partial charge >= 0.3 is 0 Å². The van der Waals surface area contributed by atoms with Gasteiger partial charge in [0.15, 0.2) is 0 Å². The monoisotopic (exact) mass is 252 g/mol. The average Bonchev–Trinajstić information content (AvgIpc) is 2.89. The molecule has 1 aromatic heterocycles. The van der Waals surface area contributed by atoms with Crippen molar-refractivity contribution in [2.75, 3.05) is 13.6 Å². The zero-order valence-corrected chi connectivity index (χ0v) is 10.8. The van der Waals surface area contributed by atoms with Crippen molar-refractivity contribution in [3.05, 3.63) is 22.4 Å². The SMILES string of the molecule is CCNC(=O)[C@@H]1CC(=O)N(C)[C@@H]1c1cccs1. The first-order valence-electron chi connectivity index (χ1n) is 5.72. The summed E-state index contributed by atoms with van der Waals surface area (Å²) < 4.78 is 0. The summed E-state index contributed by atoms with van der Waals surface area (Å²) in [5.41, 5.74) is 0. The largest absolute Gasteiger partial charge is 0.356 e. The number of thiophene rings is 1. The Balaban J connectivity index is 2.25. The van der Waals surface area contributed by atoms with Crippen LogP contribution in [0.4, 0.5) is 0 Å². The maximum atomic E-state index is 12.0. The second-order valence-corrected chi connectivity index (χ2v) is 5.15. The number of amides is 2. The Bertz CT molecular complexity index is 416. The molecular weight excluding hydrogens is 236 g/mol. The predicted octanol–water partition coefficient (Wildman–Crippen LogP) is 1.40. The quantitative estimate of drug-likeness (QED) is 0.884. The highest BCUT2D eigenvalue weighted by Gasteiger charge is 2.42. The van der Waals surface area contributed by atoms with Crippen molar-refractivity contribution >= 4 is 23.2 Å². The van der Waals surface area contributed by atoms with Crippen LogP contribution in [0.1, 0.15) is 24.3 Å². The Labute approximate surface area is 105 Å². The van der Waals surface area contributed by atoms with Crippen molar-refractivity contribution in [2.24, 2.45) is 5.92 Å². The molecule has 0 saturated carbocycles. The van der Waals surface area contributed by atoms with E-state index >= 15 is 0 Å². The van der Waals surface area contributed by atoms with Crippen molar-refractivity contribution in [1.29, 1.82) is 0 Å². The van der Waals surface area contributed by atoms with Crippen molar-refractivity contribution < 1.29 is 9.59 Å². The smallest absolute Gasteiger partial charge is 0.226 e. The lowest BCUT2D eigenvalue weighted by atomic mass is 9.98. The van der Waals surface area contributed by atoms with E-state index < -0.39 is 0 Å². The van der Waals surface area contributed by atoms with Crippen LogP contribution in [-0.2, 0) is 9.59 Å². The van der Waals surface area contributed by atoms with E-state index in [-0.39, 0.29) is 23.8 Å². The fourth-order valence-corrected chi connectivity index (χ4v) is 3.19. The summed E-state index contributed by atoms with van der Waals surface area (Å²) in [7, 11) is 1.77. The molecule has 0 spiro atoms. The van der Waals surface area contributed by atoms with Crippen LogP contribution in [0.5, 0.6) is 0 Å². The van der Waals surface area contributed by atoms with Crippen LogP contribution in [0, 0.1) is 5.92 Å². The van der Waals surface area contributed by atoms with Crippen LogP contribution in [-0.4, -0.2) is 30.3 Å². The van der Waals surface area contributed by atoms with Crippen LogP contribution in [0.15, 0.2) is 17.5 Å². The normalized spacial score (nSPS) is 24.1. The molecular formula is C12H16N2O2S. The molecule has 1 aromatic rings. The van der Waals surface area contributed by atoms with Gasteiger partial charge in [-0.1, -0.05) is 6.07 Å². The molecule has 0 bridgehead atoms. The number of carbonyl (C=O) groups excluding carboxylic acids is 2. The van der Waals surface area contributed by atoms with Crippen LogP contribution >= 0.6 is 11.3 Å². The van der Waals surface area contributed by atoms with Gasteiger partial charge in [-0.2, -0.15) is 0 Å². The van der Waals surface area contributed by atoms with Gasteiger partial charge in [-0.3, -0.25) is 9.59 Å². The molecule has 4 nitrogen and oxygen atoms in total. The number of hydrogen-bond donors (Lipinski definition) is 1. The van der Waals surface area contributed by atoms with Gasteiger partial charge in [-0.25, -0.2) is 0 Å². The lowest BCUT2D eigenvalue weighted by molar-refractivity contribution is -0.128. The number of likely N-dealkylation sites (tertiary alicyclic amines) is 1. The van der Waals surface area contributed by atoms with Gasteiger partial charge in [0.25, 0.3) is 0 Å². The average molecular weight is 252 g/mol. The van der Waals surface area contributed by atoms with E-state index in [1.807, 2.05) is 24.4 Å². The summed E-state index contributed by atoms with van der Waals surface area (Å²) in [6.45, 7) is 2.49.